The SMILES string of the molecule is COc1ccccc1C(O)C1=COCCC1. The van der Waals surface area contributed by atoms with Crippen LogP contribution in [0.1, 0.15) is 24.5 Å². The van der Waals surface area contributed by atoms with Crippen molar-refractivity contribution in [2.24, 2.45) is 0 Å². The highest BCUT2D eigenvalue weighted by atomic mass is 16.5. The van der Waals surface area contributed by atoms with Crippen molar-refractivity contribution in [3.63, 3.8) is 0 Å². The molecular weight excluding hydrogens is 204 g/mol. The molecule has 0 aromatic heterocycles. The Morgan fingerprint density at radius 2 is 2.19 bits per heavy atom. The number of hydrogen-bond acceptors (Lipinski definition) is 3. The third kappa shape index (κ3) is 2.19. The third-order valence-corrected chi connectivity index (χ3v) is 2.75. The van der Waals surface area contributed by atoms with Gasteiger partial charge in [-0.1, -0.05) is 18.2 Å². The molecule has 1 aliphatic heterocycles. The van der Waals surface area contributed by atoms with Gasteiger partial charge in [-0.2, -0.15) is 0 Å². The van der Waals surface area contributed by atoms with Crippen molar-refractivity contribution >= 4 is 0 Å². The lowest BCUT2D eigenvalue weighted by Gasteiger charge is -2.20. The van der Waals surface area contributed by atoms with Crippen LogP contribution in [-0.2, 0) is 4.74 Å². The molecule has 0 fully saturated rings. The lowest BCUT2D eigenvalue weighted by Crippen LogP contribution is -2.08. The van der Waals surface area contributed by atoms with Gasteiger partial charge in [0, 0.05) is 5.56 Å². The number of aliphatic hydroxyl groups is 1. The van der Waals surface area contributed by atoms with Crippen LogP contribution in [0.5, 0.6) is 5.75 Å². The van der Waals surface area contributed by atoms with E-state index in [1.54, 1.807) is 13.4 Å². The Bertz CT molecular complexity index is 385. The molecule has 16 heavy (non-hydrogen) atoms. The van der Waals surface area contributed by atoms with Crippen molar-refractivity contribution in [3.05, 3.63) is 41.7 Å². The van der Waals surface area contributed by atoms with Crippen LogP contribution in [0.15, 0.2) is 36.1 Å². The lowest BCUT2D eigenvalue weighted by atomic mass is 9.97. The van der Waals surface area contributed by atoms with Crippen LogP contribution in [0.25, 0.3) is 0 Å². The zero-order valence-corrected chi connectivity index (χ0v) is 9.35. The highest BCUT2D eigenvalue weighted by molar-refractivity contribution is 5.38. The minimum atomic E-state index is -0.628. The third-order valence-electron chi connectivity index (χ3n) is 2.75. The van der Waals surface area contributed by atoms with E-state index in [-0.39, 0.29) is 0 Å². The lowest BCUT2D eigenvalue weighted by molar-refractivity contribution is 0.168. The summed E-state index contributed by atoms with van der Waals surface area (Å²) >= 11 is 0. The molecule has 0 saturated carbocycles. The molecule has 1 heterocycles. The Labute approximate surface area is 95.3 Å². The van der Waals surface area contributed by atoms with Gasteiger partial charge in [0.2, 0.25) is 0 Å². The van der Waals surface area contributed by atoms with Gasteiger partial charge in [0.1, 0.15) is 11.9 Å². The maximum absolute atomic E-state index is 10.2. The standard InChI is InChI=1S/C13H16O3/c1-15-12-7-3-2-6-11(12)13(14)10-5-4-8-16-9-10/h2-3,6-7,9,13-14H,4-5,8H2,1H3. The number of rotatable bonds is 3. The van der Waals surface area contributed by atoms with Gasteiger partial charge in [-0.05, 0) is 24.5 Å². The molecule has 0 bridgehead atoms. The molecule has 0 amide bonds. The van der Waals surface area contributed by atoms with E-state index in [2.05, 4.69) is 0 Å². The molecule has 86 valence electrons. The summed E-state index contributed by atoms with van der Waals surface area (Å²) in [6.45, 7) is 0.738. The summed E-state index contributed by atoms with van der Waals surface area (Å²) in [5.74, 6) is 0.710. The normalized spacial score (nSPS) is 17.2. The first-order valence-corrected chi connectivity index (χ1v) is 5.44. The molecule has 1 atom stereocenters. The summed E-state index contributed by atoms with van der Waals surface area (Å²) in [4.78, 5) is 0. The van der Waals surface area contributed by atoms with Crippen LogP contribution < -0.4 is 4.74 Å². The van der Waals surface area contributed by atoms with E-state index in [0.717, 1.165) is 30.6 Å². The number of aliphatic hydroxyl groups excluding tert-OH is 1. The summed E-state index contributed by atoms with van der Waals surface area (Å²) in [6.07, 6.45) is 2.87. The van der Waals surface area contributed by atoms with Crippen LogP contribution >= 0.6 is 0 Å². The first-order valence-electron chi connectivity index (χ1n) is 5.44. The minimum absolute atomic E-state index is 0.628. The molecular formula is C13H16O3. The molecule has 1 aliphatic rings. The Hall–Kier alpha value is -1.48. The van der Waals surface area contributed by atoms with E-state index >= 15 is 0 Å². The average molecular weight is 220 g/mol. The molecule has 0 saturated heterocycles. The number of ether oxygens (including phenoxy) is 2. The largest absolute Gasteiger partial charge is 0.501 e. The fraction of sp³-hybridized carbons (Fsp3) is 0.385. The summed E-state index contributed by atoms with van der Waals surface area (Å²) in [7, 11) is 1.61. The van der Waals surface area contributed by atoms with Gasteiger partial charge in [0.05, 0.1) is 20.0 Å². The van der Waals surface area contributed by atoms with Crippen LogP contribution in [0, 0.1) is 0 Å². The Morgan fingerprint density at radius 1 is 1.38 bits per heavy atom. The zero-order chi connectivity index (χ0) is 11.4. The molecule has 1 N–H and O–H groups in total. The zero-order valence-electron chi connectivity index (χ0n) is 9.35. The van der Waals surface area contributed by atoms with Gasteiger partial charge in [-0.3, -0.25) is 0 Å². The van der Waals surface area contributed by atoms with E-state index in [9.17, 15) is 5.11 Å². The summed E-state index contributed by atoms with van der Waals surface area (Å²) in [6, 6.07) is 7.51. The smallest absolute Gasteiger partial charge is 0.124 e. The molecule has 0 radical (unpaired) electrons. The minimum Gasteiger partial charge on any atom is -0.501 e. The molecule has 0 spiro atoms. The fourth-order valence-electron chi connectivity index (χ4n) is 1.88. The molecule has 3 heteroatoms. The number of methoxy groups -OCH3 is 1. The predicted octanol–water partition coefficient (Wildman–Crippen LogP) is 2.42. The first kappa shape index (κ1) is 11.0. The molecule has 3 nitrogen and oxygen atoms in total. The van der Waals surface area contributed by atoms with Gasteiger partial charge in [-0.15, -0.1) is 0 Å². The highest BCUT2D eigenvalue weighted by Crippen LogP contribution is 2.32. The van der Waals surface area contributed by atoms with Gasteiger partial charge < -0.3 is 14.6 Å². The molecule has 1 aromatic carbocycles. The number of hydrogen-bond donors (Lipinski definition) is 1. The molecule has 0 aliphatic carbocycles. The Balaban J connectivity index is 2.25. The van der Waals surface area contributed by atoms with Crippen molar-refractivity contribution in [2.75, 3.05) is 13.7 Å². The summed E-state index contributed by atoms with van der Waals surface area (Å²) in [5, 5.41) is 10.2. The Kier molecular flexibility index (Phi) is 3.47. The van der Waals surface area contributed by atoms with E-state index in [4.69, 9.17) is 9.47 Å². The molecule has 1 aromatic rings. The van der Waals surface area contributed by atoms with Crippen LogP contribution in [0.4, 0.5) is 0 Å². The van der Waals surface area contributed by atoms with Gasteiger partial charge >= 0.3 is 0 Å². The van der Waals surface area contributed by atoms with Crippen LogP contribution in [-0.4, -0.2) is 18.8 Å². The van der Waals surface area contributed by atoms with Crippen LogP contribution in [0.3, 0.4) is 0 Å². The highest BCUT2D eigenvalue weighted by Gasteiger charge is 2.19. The van der Waals surface area contributed by atoms with E-state index in [1.807, 2.05) is 24.3 Å². The quantitative estimate of drug-likeness (QED) is 0.850. The number of para-hydroxylation sites is 1. The summed E-state index contributed by atoms with van der Waals surface area (Å²) in [5.41, 5.74) is 1.71. The maximum Gasteiger partial charge on any atom is 0.124 e. The predicted molar refractivity (Wildman–Crippen MR) is 61.2 cm³/mol. The van der Waals surface area contributed by atoms with E-state index < -0.39 is 6.10 Å². The number of benzene rings is 1. The first-order chi connectivity index (χ1) is 7.83. The second-order valence-corrected chi connectivity index (χ2v) is 3.81. The topological polar surface area (TPSA) is 38.7 Å². The molecule has 2 rings (SSSR count). The van der Waals surface area contributed by atoms with Crippen molar-refractivity contribution in [3.8, 4) is 5.75 Å². The van der Waals surface area contributed by atoms with Gasteiger partial charge in [0.15, 0.2) is 0 Å². The van der Waals surface area contributed by atoms with E-state index in [0.29, 0.717) is 5.75 Å². The monoisotopic (exact) mass is 220 g/mol. The van der Waals surface area contributed by atoms with E-state index in [1.165, 1.54) is 0 Å². The average Bonchev–Trinajstić information content (AvgIpc) is 2.39. The van der Waals surface area contributed by atoms with Crippen molar-refractivity contribution in [1.29, 1.82) is 0 Å². The fourth-order valence-corrected chi connectivity index (χ4v) is 1.88. The van der Waals surface area contributed by atoms with Gasteiger partial charge in [-0.25, -0.2) is 0 Å². The van der Waals surface area contributed by atoms with Crippen molar-refractivity contribution < 1.29 is 14.6 Å². The van der Waals surface area contributed by atoms with Gasteiger partial charge in [0.25, 0.3) is 0 Å². The van der Waals surface area contributed by atoms with Crippen LogP contribution in [0.2, 0.25) is 0 Å². The summed E-state index contributed by atoms with van der Waals surface area (Å²) < 4.78 is 10.5. The second kappa shape index (κ2) is 5.03. The molecule has 1 unspecified atom stereocenters. The van der Waals surface area contributed by atoms with Crippen molar-refractivity contribution in [1.82, 2.24) is 0 Å². The Morgan fingerprint density at radius 3 is 2.88 bits per heavy atom. The second-order valence-electron chi connectivity index (χ2n) is 3.81. The van der Waals surface area contributed by atoms with Crippen molar-refractivity contribution in [2.45, 2.75) is 18.9 Å². The maximum atomic E-state index is 10.2.